The average Bonchev–Trinajstić information content (AvgIpc) is 3.15. The summed E-state index contributed by atoms with van der Waals surface area (Å²) in [4.78, 5) is 33.8. The zero-order chi connectivity index (χ0) is 18.8. The molecule has 0 spiro atoms. The van der Waals surface area contributed by atoms with E-state index in [-0.39, 0.29) is 25.3 Å². The Morgan fingerprint density at radius 3 is 2.73 bits per heavy atom. The highest BCUT2D eigenvalue weighted by Gasteiger charge is 2.44. The molecule has 4 atom stereocenters. The molecule has 2 aromatic rings. The molecule has 1 saturated heterocycles. The van der Waals surface area contributed by atoms with Gasteiger partial charge in [0.2, 0.25) is 0 Å². The van der Waals surface area contributed by atoms with E-state index >= 15 is 0 Å². The molecule has 140 valence electrons. The molecule has 1 aliphatic heterocycles. The van der Waals surface area contributed by atoms with Crippen molar-refractivity contribution in [2.45, 2.75) is 37.4 Å². The smallest absolute Gasteiger partial charge is 0.306 e. The van der Waals surface area contributed by atoms with E-state index in [4.69, 9.17) is 20.3 Å². The van der Waals surface area contributed by atoms with Crippen LogP contribution in [-0.4, -0.2) is 71.7 Å². The predicted octanol–water partition coefficient (Wildman–Crippen LogP) is -1.56. The van der Waals surface area contributed by atoms with Crippen molar-refractivity contribution in [3.05, 3.63) is 12.7 Å². The first-order chi connectivity index (χ1) is 12.4. The van der Waals surface area contributed by atoms with Crippen molar-refractivity contribution < 1.29 is 34.4 Å². The molecule has 2 aromatic heterocycles. The van der Waals surface area contributed by atoms with Gasteiger partial charge < -0.3 is 30.5 Å². The van der Waals surface area contributed by atoms with Gasteiger partial charge in [0.1, 0.15) is 36.8 Å². The second-order valence-corrected chi connectivity index (χ2v) is 5.71. The highest BCUT2D eigenvalue weighted by Crippen LogP contribution is 2.32. The van der Waals surface area contributed by atoms with Crippen molar-refractivity contribution in [1.29, 1.82) is 0 Å². The molecule has 0 amide bonds. The Bertz CT molecular complexity index is 825. The average molecular weight is 367 g/mol. The molecule has 3 rings (SSSR count). The van der Waals surface area contributed by atoms with Crippen molar-refractivity contribution in [2.24, 2.45) is 0 Å². The van der Waals surface area contributed by atoms with Gasteiger partial charge in [-0.3, -0.25) is 14.2 Å². The fraction of sp³-hybridized carbons (Fsp3) is 0.500. The summed E-state index contributed by atoms with van der Waals surface area (Å²) < 4.78 is 11.9. The fourth-order valence-corrected chi connectivity index (χ4v) is 2.61. The Balaban J connectivity index is 1.68. The molecule has 5 N–H and O–H groups in total. The third-order valence-corrected chi connectivity index (χ3v) is 3.95. The maximum atomic E-state index is 11.5. The first kappa shape index (κ1) is 18.0. The summed E-state index contributed by atoms with van der Waals surface area (Å²) in [5.41, 5.74) is 6.34. The maximum Gasteiger partial charge on any atom is 0.306 e. The van der Waals surface area contributed by atoms with Gasteiger partial charge in [-0.05, 0) is 0 Å². The highest BCUT2D eigenvalue weighted by molar-refractivity contribution is 5.81. The zero-order valence-electron chi connectivity index (χ0n) is 13.4. The Hall–Kier alpha value is -2.83. The number of imidazole rings is 1. The number of nitrogen functional groups attached to an aromatic ring is 1. The van der Waals surface area contributed by atoms with Crippen LogP contribution in [0.2, 0.25) is 0 Å². The van der Waals surface area contributed by atoms with E-state index in [9.17, 15) is 19.8 Å². The van der Waals surface area contributed by atoms with Gasteiger partial charge >= 0.3 is 11.9 Å². The lowest BCUT2D eigenvalue weighted by atomic mass is 10.1. The minimum atomic E-state index is -1.33. The number of aliphatic hydroxyl groups excluding tert-OH is 2. The number of nitrogens with zero attached hydrogens (tertiary/aromatic N) is 4. The van der Waals surface area contributed by atoms with Gasteiger partial charge in [0, 0.05) is 0 Å². The number of ether oxygens (including phenoxy) is 2. The van der Waals surface area contributed by atoms with Gasteiger partial charge in [-0.1, -0.05) is 0 Å². The van der Waals surface area contributed by atoms with Crippen molar-refractivity contribution in [1.82, 2.24) is 19.5 Å². The monoisotopic (exact) mass is 367 g/mol. The number of anilines is 1. The highest BCUT2D eigenvalue weighted by atomic mass is 16.6. The van der Waals surface area contributed by atoms with Crippen LogP contribution < -0.4 is 5.73 Å². The summed E-state index contributed by atoms with van der Waals surface area (Å²) >= 11 is 0. The summed E-state index contributed by atoms with van der Waals surface area (Å²) in [7, 11) is 0. The Kier molecular flexibility index (Phi) is 4.97. The topological polar surface area (TPSA) is 183 Å². The molecule has 0 aliphatic carbocycles. The minimum absolute atomic E-state index is 0.158. The number of rotatable bonds is 6. The summed E-state index contributed by atoms with van der Waals surface area (Å²) in [5, 5.41) is 28.9. The number of aliphatic carboxylic acids is 1. The van der Waals surface area contributed by atoms with Gasteiger partial charge in [0.25, 0.3) is 0 Å². The Morgan fingerprint density at radius 2 is 2.00 bits per heavy atom. The molecule has 0 unspecified atom stereocenters. The van der Waals surface area contributed by atoms with E-state index < -0.39 is 36.5 Å². The van der Waals surface area contributed by atoms with Crippen LogP contribution in [0.25, 0.3) is 11.2 Å². The normalized spacial score (nSPS) is 25.5. The van der Waals surface area contributed by atoms with Gasteiger partial charge in [-0.2, -0.15) is 0 Å². The molecular formula is C14H17N5O7. The number of carbonyl (C=O) groups excluding carboxylic acids is 1. The van der Waals surface area contributed by atoms with E-state index in [2.05, 4.69) is 15.0 Å². The number of carbonyl (C=O) groups is 2. The number of aliphatic hydroxyl groups is 2. The summed E-state index contributed by atoms with van der Waals surface area (Å²) in [5.74, 6) is -1.71. The van der Waals surface area contributed by atoms with Crippen molar-refractivity contribution in [3.8, 4) is 0 Å². The van der Waals surface area contributed by atoms with Gasteiger partial charge in [0.15, 0.2) is 17.7 Å². The molecular weight excluding hydrogens is 350 g/mol. The number of nitrogens with two attached hydrogens (primary N) is 1. The maximum absolute atomic E-state index is 11.5. The second-order valence-electron chi connectivity index (χ2n) is 5.71. The van der Waals surface area contributed by atoms with E-state index in [1.165, 1.54) is 17.2 Å². The van der Waals surface area contributed by atoms with E-state index in [0.29, 0.717) is 11.2 Å². The van der Waals surface area contributed by atoms with Crippen LogP contribution in [0.15, 0.2) is 12.7 Å². The van der Waals surface area contributed by atoms with Crippen LogP contribution in [0.1, 0.15) is 19.1 Å². The third-order valence-electron chi connectivity index (χ3n) is 3.95. The van der Waals surface area contributed by atoms with Crippen LogP contribution >= 0.6 is 0 Å². The van der Waals surface area contributed by atoms with Crippen LogP contribution in [0.5, 0.6) is 0 Å². The number of fused-ring (bicyclic) bond motifs is 1. The van der Waals surface area contributed by atoms with E-state index in [0.717, 1.165) is 0 Å². The molecule has 1 fully saturated rings. The molecule has 3 heterocycles. The number of carboxylic acids is 1. The summed E-state index contributed by atoms with van der Waals surface area (Å²) in [6.45, 7) is -0.336. The van der Waals surface area contributed by atoms with E-state index in [1.807, 2.05) is 0 Å². The van der Waals surface area contributed by atoms with E-state index in [1.54, 1.807) is 0 Å². The van der Waals surface area contributed by atoms with Crippen molar-refractivity contribution >= 4 is 28.9 Å². The number of hydrogen-bond donors (Lipinski definition) is 4. The number of hydrogen-bond acceptors (Lipinski definition) is 10. The molecule has 12 nitrogen and oxygen atoms in total. The molecule has 1 aliphatic rings. The Morgan fingerprint density at radius 1 is 1.23 bits per heavy atom. The van der Waals surface area contributed by atoms with Crippen molar-refractivity contribution in [2.75, 3.05) is 12.3 Å². The second kappa shape index (κ2) is 7.19. The lowest BCUT2D eigenvalue weighted by molar-refractivity contribution is -0.152. The number of esters is 1. The number of aromatic nitrogens is 4. The van der Waals surface area contributed by atoms with Gasteiger partial charge in [-0.15, -0.1) is 0 Å². The van der Waals surface area contributed by atoms with Crippen LogP contribution in [0.4, 0.5) is 5.82 Å². The Labute approximate surface area is 146 Å². The van der Waals surface area contributed by atoms with Crippen LogP contribution in [0, 0.1) is 0 Å². The molecule has 12 heteroatoms. The molecule has 0 radical (unpaired) electrons. The minimum Gasteiger partial charge on any atom is -0.481 e. The molecule has 0 bridgehead atoms. The first-order valence-electron chi connectivity index (χ1n) is 7.70. The summed E-state index contributed by atoms with van der Waals surface area (Å²) in [6, 6.07) is 0. The SMILES string of the molecule is Nc1ncnc2c1ncn2[C@@H]1O[C@H](COC(=O)CCC(=O)O)[C@H](O)[C@H]1O. The van der Waals surface area contributed by atoms with Gasteiger partial charge in [-0.25, -0.2) is 15.0 Å². The summed E-state index contributed by atoms with van der Waals surface area (Å²) in [6.07, 6.45) is -2.76. The lowest BCUT2D eigenvalue weighted by Crippen LogP contribution is -2.34. The molecule has 26 heavy (non-hydrogen) atoms. The zero-order valence-corrected chi connectivity index (χ0v) is 13.4. The lowest BCUT2D eigenvalue weighted by Gasteiger charge is -2.16. The molecule has 0 saturated carbocycles. The molecule has 0 aromatic carbocycles. The predicted molar refractivity (Wildman–Crippen MR) is 83.5 cm³/mol. The fourth-order valence-electron chi connectivity index (χ4n) is 2.61. The van der Waals surface area contributed by atoms with Crippen LogP contribution in [-0.2, 0) is 19.1 Å². The third kappa shape index (κ3) is 3.42. The first-order valence-corrected chi connectivity index (χ1v) is 7.70. The standard InChI is InChI=1S/C14H17N5O7/c15-12-9-13(17-4-16-12)19(5-18-9)14-11(24)10(23)6(26-14)3-25-8(22)2-1-7(20)21/h4-6,10-11,14,23-24H,1-3H2,(H,20,21)(H2,15,16,17)/t6-,10+,11-,14-/m1/s1. The van der Waals surface area contributed by atoms with Crippen molar-refractivity contribution in [3.63, 3.8) is 0 Å². The number of carboxylic acid groups (broad SMARTS) is 1. The van der Waals surface area contributed by atoms with Gasteiger partial charge in [0.05, 0.1) is 19.2 Å². The largest absolute Gasteiger partial charge is 0.481 e. The quantitative estimate of drug-likeness (QED) is 0.433. The van der Waals surface area contributed by atoms with Crippen LogP contribution in [0.3, 0.4) is 0 Å².